The Kier molecular flexibility index (Phi) is 8.60. The molecule has 0 bridgehead atoms. The van der Waals surface area contributed by atoms with E-state index in [1.54, 1.807) is 14.2 Å². The van der Waals surface area contributed by atoms with Gasteiger partial charge in [0.15, 0.2) is 0 Å². The predicted octanol–water partition coefficient (Wildman–Crippen LogP) is 4.49. The minimum absolute atomic E-state index is 0.333. The van der Waals surface area contributed by atoms with Crippen LogP contribution in [0.4, 0.5) is 0 Å². The molecule has 1 atom stereocenters. The lowest BCUT2D eigenvalue weighted by Gasteiger charge is -2.21. The topological polar surface area (TPSA) is 30.5 Å². The molecule has 0 aliphatic carbocycles. The van der Waals surface area contributed by atoms with Crippen LogP contribution in [0.25, 0.3) is 0 Å². The lowest BCUT2D eigenvalue weighted by molar-refractivity contribution is 0.380. The molecule has 0 radical (unpaired) electrons. The summed E-state index contributed by atoms with van der Waals surface area (Å²) in [4.78, 5) is 0. The number of benzene rings is 1. The Morgan fingerprint density at radius 3 is 2.62 bits per heavy atom. The second kappa shape index (κ2) is 10.3. The van der Waals surface area contributed by atoms with Crippen molar-refractivity contribution in [2.45, 2.75) is 45.1 Å². The number of methoxy groups -OCH3 is 2. The molecule has 0 fully saturated rings. The fraction of sp³-hybridized carbons (Fsp3) is 0.556. The first-order chi connectivity index (χ1) is 10.3. The lowest BCUT2D eigenvalue weighted by Crippen LogP contribution is -2.21. The van der Waals surface area contributed by atoms with Crippen molar-refractivity contribution in [3.8, 4) is 11.5 Å². The van der Waals surface area contributed by atoms with Gasteiger partial charge in [-0.2, -0.15) is 0 Å². The Balaban J connectivity index is 2.72. The molecular formula is C18H29NO2. The molecule has 0 aliphatic rings. The van der Waals surface area contributed by atoms with Gasteiger partial charge in [-0.3, -0.25) is 0 Å². The van der Waals surface area contributed by atoms with Crippen LogP contribution in [0.3, 0.4) is 0 Å². The Bertz CT molecular complexity index is 418. The smallest absolute Gasteiger partial charge is 0.127 e. The molecule has 21 heavy (non-hydrogen) atoms. The molecule has 0 spiro atoms. The summed E-state index contributed by atoms with van der Waals surface area (Å²) in [5, 5.41) is 3.56. The van der Waals surface area contributed by atoms with E-state index in [0.717, 1.165) is 30.9 Å². The number of ether oxygens (including phenoxy) is 2. The summed E-state index contributed by atoms with van der Waals surface area (Å²) in [6.45, 7) is 6.86. The van der Waals surface area contributed by atoms with Crippen LogP contribution in [0.1, 0.15) is 50.6 Å². The van der Waals surface area contributed by atoms with Crippen molar-refractivity contribution in [2.24, 2.45) is 0 Å². The highest BCUT2D eigenvalue weighted by Crippen LogP contribution is 2.32. The van der Waals surface area contributed by atoms with Crippen LogP contribution in [0.15, 0.2) is 30.9 Å². The van der Waals surface area contributed by atoms with E-state index in [2.05, 4.69) is 24.9 Å². The molecular weight excluding hydrogens is 262 g/mol. The molecule has 0 amide bonds. The molecule has 0 aromatic heterocycles. The van der Waals surface area contributed by atoms with Crippen molar-refractivity contribution in [3.63, 3.8) is 0 Å². The lowest BCUT2D eigenvalue weighted by atomic mass is 9.98. The molecule has 0 heterocycles. The van der Waals surface area contributed by atoms with Crippen LogP contribution in [-0.2, 0) is 0 Å². The largest absolute Gasteiger partial charge is 0.497 e. The number of hydrogen-bond acceptors (Lipinski definition) is 3. The molecule has 1 N–H and O–H groups in total. The van der Waals surface area contributed by atoms with Crippen molar-refractivity contribution >= 4 is 0 Å². The number of hydrogen-bond donors (Lipinski definition) is 1. The normalized spacial score (nSPS) is 12.0. The van der Waals surface area contributed by atoms with Crippen molar-refractivity contribution in [2.75, 3.05) is 20.8 Å². The molecule has 3 heteroatoms. The van der Waals surface area contributed by atoms with E-state index < -0.39 is 0 Å². The summed E-state index contributed by atoms with van der Waals surface area (Å²) < 4.78 is 10.8. The van der Waals surface area contributed by atoms with Gasteiger partial charge in [-0.25, -0.2) is 0 Å². The molecule has 0 saturated carbocycles. The Labute approximate surface area is 129 Å². The van der Waals surface area contributed by atoms with Gasteiger partial charge in [-0.15, -0.1) is 6.58 Å². The van der Waals surface area contributed by atoms with Crippen molar-refractivity contribution in [1.29, 1.82) is 0 Å². The van der Waals surface area contributed by atoms with Gasteiger partial charge in [0.05, 0.1) is 14.2 Å². The van der Waals surface area contributed by atoms with Gasteiger partial charge in [0, 0.05) is 17.7 Å². The summed E-state index contributed by atoms with van der Waals surface area (Å²) >= 11 is 0. The first kappa shape index (κ1) is 17.6. The summed E-state index contributed by atoms with van der Waals surface area (Å²) in [7, 11) is 3.39. The first-order valence-electron chi connectivity index (χ1n) is 7.83. The maximum Gasteiger partial charge on any atom is 0.127 e. The fourth-order valence-electron chi connectivity index (χ4n) is 2.53. The molecule has 3 nitrogen and oxygen atoms in total. The quantitative estimate of drug-likeness (QED) is 0.481. The molecule has 1 rings (SSSR count). The second-order valence-electron chi connectivity index (χ2n) is 5.14. The molecule has 1 aromatic carbocycles. The van der Waals surface area contributed by atoms with E-state index >= 15 is 0 Å². The van der Waals surface area contributed by atoms with Crippen LogP contribution in [0.5, 0.6) is 11.5 Å². The van der Waals surface area contributed by atoms with Crippen LogP contribution >= 0.6 is 0 Å². The Morgan fingerprint density at radius 2 is 2.00 bits per heavy atom. The number of rotatable bonds is 11. The van der Waals surface area contributed by atoms with Crippen molar-refractivity contribution in [3.05, 3.63) is 36.4 Å². The zero-order chi connectivity index (χ0) is 15.5. The maximum absolute atomic E-state index is 5.53. The molecule has 0 saturated heterocycles. The fourth-order valence-corrected chi connectivity index (χ4v) is 2.53. The van der Waals surface area contributed by atoms with Gasteiger partial charge in [-0.05, 0) is 31.9 Å². The molecule has 1 unspecified atom stereocenters. The van der Waals surface area contributed by atoms with E-state index in [4.69, 9.17) is 9.47 Å². The minimum atomic E-state index is 0.333. The molecule has 1 aromatic rings. The van der Waals surface area contributed by atoms with E-state index in [1.807, 2.05) is 18.2 Å². The van der Waals surface area contributed by atoms with E-state index in [1.165, 1.54) is 24.8 Å². The summed E-state index contributed by atoms with van der Waals surface area (Å²) in [5.74, 6) is 1.73. The molecule has 118 valence electrons. The predicted molar refractivity (Wildman–Crippen MR) is 89.2 cm³/mol. The zero-order valence-electron chi connectivity index (χ0n) is 13.7. The first-order valence-corrected chi connectivity index (χ1v) is 7.83. The van der Waals surface area contributed by atoms with Gasteiger partial charge in [0.1, 0.15) is 11.5 Å². The maximum atomic E-state index is 5.53. The highest BCUT2D eigenvalue weighted by atomic mass is 16.5. The van der Waals surface area contributed by atoms with Crippen molar-refractivity contribution in [1.82, 2.24) is 5.32 Å². The third-order valence-corrected chi connectivity index (χ3v) is 3.67. The van der Waals surface area contributed by atoms with Gasteiger partial charge < -0.3 is 14.8 Å². The minimum Gasteiger partial charge on any atom is -0.497 e. The van der Waals surface area contributed by atoms with E-state index in [-0.39, 0.29) is 0 Å². The number of unbranched alkanes of at least 4 members (excludes halogenated alkanes) is 3. The average Bonchev–Trinajstić information content (AvgIpc) is 2.53. The third-order valence-electron chi connectivity index (χ3n) is 3.67. The average molecular weight is 291 g/mol. The summed E-state index contributed by atoms with van der Waals surface area (Å²) in [6.07, 6.45) is 7.90. The third kappa shape index (κ3) is 5.80. The second-order valence-corrected chi connectivity index (χ2v) is 5.14. The Morgan fingerprint density at radius 1 is 1.19 bits per heavy atom. The standard InChI is InChI=1S/C18H29NO2/c1-5-7-8-9-10-11-17(19-6-2)16-13-12-15(20-3)14-18(16)21-4/h5,12-14,17,19H,1,6-11H2,2-4H3. The summed E-state index contributed by atoms with van der Waals surface area (Å²) in [5.41, 5.74) is 1.21. The van der Waals surface area contributed by atoms with Gasteiger partial charge in [-0.1, -0.05) is 31.9 Å². The highest BCUT2D eigenvalue weighted by Gasteiger charge is 2.15. The monoisotopic (exact) mass is 291 g/mol. The Hall–Kier alpha value is -1.48. The van der Waals surface area contributed by atoms with Crippen molar-refractivity contribution < 1.29 is 9.47 Å². The van der Waals surface area contributed by atoms with Crippen LogP contribution in [0.2, 0.25) is 0 Å². The van der Waals surface area contributed by atoms with Gasteiger partial charge >= 0.3 is 0 Å². The van der Waals surface area contributed by atoms with Gasteiger partial charge in [0.2, 0.25) is 0 Å². The number of allylic oxidation sites excluding steroid dienone is 1. The van der Waals surface area contributed by atoms with Crippen LogP contribution in [0, 0.1) is 0 Å². The zero-order valence-corrected chi connectivity index (χ0v) is 13.7. The van der Waals surface area contributed by atoms with Gasteiger partial charge in [0.25, 0.3) is 0 Å². The highest BCUT2D eigenvalue weighted by molar-refractivity contribution is 5.42. The van der Waals surface area contributed by atoms with E-state index in [0.29, 0.717) is 6.04 Å². The number of nitrogens with one attached hydrogen (secondary N) is 1. The van der Waals surface area contributed by atoms with E-state index in [9.17, 15) is 0 Å². The van der Waals surface area contributed by atoms with Crippen LogP contribution in [-0.4, -0.2) is 20.8 Å². The molecule has 0 aliphatic heterocycles. The van der Waals surface area contributed by atoms with Crippen LogP contribution < -0.4 is 14.8 Å². The SMILES string of the molecule is C=CCCCCCC(NCC)c1ccc(OC)cc1OC. The summed E-state index contributed by atoms with van der Waals surface area (Å²) in [6, 6.07) is 6.39.